The lowest BCUT2D eigenvalue weighted by molar-refractivity contribution is -0.374. The van der Waals surface area contributed by atoms with Crippen LogP contribution in [0.2, 0.25) is 0 Å². The zero-order valence-electron chi connectivity index (χ0n) is 29.5. The van der Waals surface area contributed by atoms with Crippen LogP contribution in [0, 0.1) is 5.92 Å². The summed E-state index contributed by atoms with van der Waals surface area (Å²) in [6.07, 6.45) is -1.94. The number of nitrogens with one attached hydrogen (secondary N) is 1. The van der Waals surface area contributed by atoms with Crippen molar-refractivity contribution in [2.45, 2.75) is 82.4 Å². The Labute approximate surface area is 302 Å². The summed E-state index contributed by atoms with van der Waals surface area (Å²) >= 11 is 0. The number of nitrogens with zero attached hydrogens (tertiary/aromatic N) is 6. The monoisotopic (exact) mass is 734 g/mol. The van der Waals surface area contributed by atoms with Crippen molar-refractivity contribution >= 4 is 45.8 Å². The van der Waals surface area contributed by atoms with Gasteiger partial charge in [0.15, 0.2) is 11.2 Å². The number of esters is 1. The number of imidazole rings is 1. The second-order valence-electron chi connectivity index (χ2n) is 13.9. The molecule has 8 N–H and O–H groups in total. The number of benzene rings is 1. The topological polar surface area (TPSA) is 262 Å². The molecule has 7 rings (SSSR count). The zero-order chi connectivity index (χ0) is 38.5. The Bertz CT molecular complexity index is 2220. The number of carbonyl (C=O) groups is 2. The van der Waals surface area contributed by atoms with E-state index in [2.05, 4.69) is 20.8 Å². The highest BCUT2D eigenvalue weighted by atomic mass is 16.7. The minimum Gasteiger partial charge on any atom is -0.459 e. The first-order chi connectivity index (χ1) is 24.9. The van der Waals surface area contributed by atoms with E-state index in [0.29, 0.717) is 46.4 Å². The van der Waals surface area contributed by atoms with Crippen LogP contribution in [0.15, 0.2) is 59.5 Å². The first kappa shape index (κ1) is 37.4. The number of aliphatic hydroxyl groups excluding tert-OH is 1. The van der Waals surface area contributed by atoms with Crippen molar-refractivity contribution in [2.24, 2.45) is 11.7 Å². The number of fused-ring (bicyclic) bond motifs is 2. The molecule has 282 valence electrons. The Hall–Kier alpha value is -5.40. The Morgan fingerprint density at radius 3 is 2.30 bits per heavy atom. The SMILES string of the molecule is CC1CC1(C(=O)OCc1ccccc1)n1nc(C(C)(C)O)c2ccc(Nc3cc4c(cn3)n(C(O)(O)O)c(=O)n4C3CCC(O)C3)nc21.COC(N)=O. The van der Waals surface area contributed by atoms with E-state index >= 15 is 0 Å². The minimum atomic E-state index is -3.48. The molecule has 0 radical (unpaired) electrons. The first-order valence-corrected chi connectivity index (χ1v) is 16.9. The Kier molecular flexibility index (Phi) is 9.77. The predicted octanol–water partition coefficient (Wildman–Crippen LogP) is 1.73. The van der Waals surface area contributed by atoms with Gasteiger partial charge in [0, 0.05) is 17.5 Å². The second-order valence-corrected chi connectivity index (χ2v) is 13.9. The van der Waals surface area contributed by atoms with Gasteiger partial charge in [0.05, 0.1) is 30.4 Å². The molecule has 18 heteroatoms. The highest BCUT2D eigenvalue weighted by molar-refractivity contribution is 5.88. The number of aliphatic hydroxyl groups is 5. The number of amides is 1. The molecule has 4 heterocycles. The number of pyridine rings is 2. The average molecular weight is 735 g/mol. The lowest BCUT2D eigenvalue weighted by Gasteiger charge is -2.18. The summed E-state index contributed by atoms with van der Waals surface area (Å²) in [7, 11) is 1.22. The minimum absolute atomic E-state index is 0.0329. The van der Waals surface area contributed by atoms with E-state index in [0.717, 1.165) is 5.56 Å². The number of primary amides is 1. The number of aromatic nitrogens is 6. The van der Waals surface area contributed by atoms with E-state index in [1.807, 2.05) is 37.3 Å². The molecule has 5 aromatic rings. The van der Waals surface area contributed by atoms with Crippen LogP contribution in [0.25, 0.3) is 22.1 Å². The van der Waals surface area contributed by atoms with Gasteiger partial charge >= 0.3 is 23.8 Å². The van der Waals surface area contributed by atoms with Gasteiger partial charge in [0.1, 0.15) is 29.5 Å². The van der Waals surface area contributed by atoms with E-state index in [-0.39, 0.29) is 35.8 Å². The molecule has 4 aromatic heterocycles. The van der Waals surface area contributed by atoms with E-state index in [9.17, 15) is 39.9 Å². The third kappa shape index (κ3) is 7.18. The Morgan fingerprint density at radius 2 is 1.74 bits per heavy atom. The number of anilines is 2. The quantitative estimate of drug-likeness (QED) is 0.0841. The Balaban J connectivity index is 0.000000902. The van der Waals surface area contributed by atoms with E-state index in [1.54, 1.807) is 30.7 Å². The number of ether oxygens (including phenoxy) is 2. The summed E-state index contributed by atoms with van der Waals surface area (Å²) in [5.41, 5.74) is 2.82. The number of rotatable bonds is 9. The maximum Gasteiger partial charge on any atom is 0.404 e. The van der Waals surface area contributed by atoms with E-state index in [4.69, 9.17) is 14.8 Å². The molecular weight excluding hydrogens is 692 g/mol. The van der Waals surface area contributed by atoms with Crippen molar-refractivity contribution in [1.29, 1.82) is 0 Å². The van der Waals surface area contributed by atoms with Gasteiger partial charge < -0.3 is 46.1 Å². The third-order valence-corrected chi connectivity index (χ3v) is 9.59. The van der Waals surface area contributed by atoms with Crippen LogP contribution in [-0.4, -0.2) is 79.7 Å². The first-order valence-electron chi connectivity index (χ1n) is 16.9. The number of hydrogen-bond acceptors (Lipinski definition) is 14. The predicted molar refractivity (Wildman–Crippen MR) is 188 cm³/mol. The maximum absolute atomic E-state index is 13.7. The van der Waals surface area contributed by atoms with Crippen molar-refractivity contribution in [2.75, 3.05) is 12.4 Å². The molecule has 2 aliphatic carbocycles. The summed E-state index contributed by atoms with van der Waals surface area (Å²) in [6.45, 7) is 5.24. The molecule has 1 amide bonds. The van der Waals surface area contributed by atoms with Crippen LogP contribution in [0.4, 0.5) is 16.4 Å². The van der Waals surface area contributed by atoms with Gasteiger partial charge in [-0.15, -0.1) is 0 Å². The number of nitrogens with two attached hydrogens (primary N) is 1. The molecule has 4 atom stereocenters. The summed E-state index contributed by atoms with van der Waals surface area (Å²) in [5, 5.41) is 59.5. The van der Waals surface area contributed by atoms with Gasteiger partial charge in [-0.05, 0) is 63.1 Å². The smallest absolute Gasteiger partial charge is 0.404 e. The molecular formula is C35H42N8O10. The fraction of sp³-hybridized carbons (Fsp3) is 0.429. The van der Waals surface area contributed by atoms with Crippen LogP contribution >= 0.6 is 0 Å². The molecule has 1 aromatic carbocycles. The highest BCUT2D eigenvalue weighted by Gasteiger charge is 2.62. The van der Waals surface area contributed by atoms with Crippen LogP contribution in [-0.2, 0) is 38.1 Å². The summed E-state index contributed by atoms with van der Waals surface area (Å²) in [4.78, 5) is 45.5. The van der Waals surface area contributed by atoms with Crippen molar-refractivity contribution in [3.05, 3.63) is 76.5 Å². The van der Waals surface area contributed by atoms with Crippen molar-refractivity contribution < 1.29 is 44.6 Å². The molecule has 0 bridgehead atoms. The highest BCUT2D eigenvalue weighted by Crippen LogP contribution is 2.52. The molecule has 2 saturated carbocycles. The largest absolute Gasteiger partial charge is 0.459 e. The van der Waals surface area contributed by atoms with Gasteiger partial charge in [0.2, 0.25) is 0 Å². The van der Waals surface area contributed by atoms with E-state index < -0.39 is 47.1 Å². The standard InChI is InChI=1S/C33H37N7O8.C2H5NO2/c1-18-15-32(18,29(42)48-17-19-7-5-4-6-8-19)40-28-22(27(37-40)31(2,3)44)11-12-25(36-28)35-26-14-23-24(16-34-26)39(33(45,46)47)30(43)38(23)20-9-10-21(41)13-20;1-5-2(3)4/h4-8,11-12,14,16,18,20-21,41,44-47H,9-10,13,15,17H2,1-3H3,(H,34,35,36);1H3,(H2,3,4). The van der Waals surface area contributed by atoms with Crippen LogP contribution in [0.1, 0.15) is 63.8 Å². The molecule has 4 unspecified atom stereocenters. The summed E-state index contributed by atoms with van der Waals surface area (Å²) in [6, 6.07) is 13.8. The van der Waals surface area contributed by atoms with Gasteiger partial charge in [-0.25, -0.2) is 33.6 Å². The maximum atomic E-state index is 13.7. The van der Waals surface area contributed by atoms with Gasteiger partial charge in [0.25, 0.3) is 0 Å². The molecule has 2 aliphatic rings. The average Bonchev–Trinajstić information content (AvgIpc) is 3.36. The molecule has 18 nitrogen and oxygen atoms in total. The molecule has 0 aliphatic heterocycles. The summed E-state index contributed by atoms with van der Waals surface area (Å²) in [5.74, 6) is -0.0224. The van der Waals surface area contributed by atoms with Crippen LogP contribution in [0.3, 0.4) is 0 Å². The summed E-state index contributed by atoms with van der Waals surface area (Å²) < 4.78 is 12.9. The molecule has 53 heavy (non-hydrogen) atoms. The van der Waals surface area contributed by atoms with Crippen molar-refractivity contribution in [3.8, 4) is 0 Å². The molecule has 2 fully saturated rings. The van der Waals surface area contributed by atoms with Crippen LogP contribution < -0.4 is 16.7 Å². The lowest BCUT2D eigenvalue weighted by atomic mass is 10.0. The fourth-order valence-corrected chi connectivity index (χ4v) is 6.85. The van der Waals surface area contributed by atoms with Gasteiger partial charge in [-0.1, -0.05) is 37.3 Å². The van der Waals surface area contributed by atoms with E-state index in [1.165, 1.54) is 23.9 Å². The second kappa shape index (κ2) is 13.9. The van der Waals surface area contributed by atoms with Gasteiger partial charge in [-0.2, -0.15) is 5.10 Å². The number of methoxy groups -OCH3 is 1. The van der Waals surface area contributed by atoms with Crippen molar-refractivity contribution in [1.82, 2.24) is 28.9 Å². The third-order valence-electron chi connectivity index (χ3n) is 9.59. The van der Waals surface area contributed by atoms with Crippen LogP contribution in [0.5, 0.6) is 0 Å². The Morgan fingerprint density at radius 1 is 1.06 bits per heavy atom. The van der Waals surface area contributed by atoms with Crippen molar-refractivity contribution in [3.63, 3.8) is 0 Å². The molecule has 0 spiro atoms. The normalized spacial score (nSPS) is 21.3. The fourth-order valence-electron chi connectivity index (χ4n) is 6.85. The number of hydrogen-bond donors (Lipinski definition) is 7. The zero-order valence-corrected chi connectivity index (χ0v) is 29.5. The molecule has 0 saturated heterocycles. The van der Waals surface area contributed by atoms with Gasteiger partial charge in [-0.3, -0.25) is 4.57 Å². The lowest BCUT2D eigenvalue weighted by Crippen LogP contribution is -2.41. The number of carbonyl (C=O) groups excluding carboxylic acids is 2.